The molecule has 0 aliphatic rings. The monoisotopic (exact) mass is 470 g/mol. The predicted octanol–water partition coefficient (Wildman–Crippen LogP) is 5.65. The zero-order chi connectivity index (χ0) is 23.1. The number of amides is 2. The normalized spacial score (nSPS) is 10.4. The van der Waals surface area contributed by atoms with Crippen LogP contribution in [-0.2, 0) is 4.79 Å². The molecule has 0 aliphatic heterocycles. The topological polar surface area (TPSA) is 76.7 Å². The van der Waals surface area contributed by atoms with Gasteiger partial charge in [0.15, 0.2) is 0 Å². The summed E-state index contributed by atoms with van der Waals surface area (Å²) in [6.45, 7) is 1.86. The number of anilines is 2. The van der Waals surface area contributed by atoms with Crippen molar-refractivity contribution >= 4 is 46.6 Å². The Balaban J connectivity index is 1.59. The minimum absolute atomic E-state index is 0.124. The van der Waals surface area contributed by atoms with Crippen LogP contribution in [0.3, 0.4) is 0 Å². The van der Waals surface area contributed by atoms with Crippen molar-refractivity contribution in [2.75, 3.05) is 30.6 Å². The highest BCUT2D eigenvalue weighted by molar-refractivity contribution is 8.00. The molecule has 0 saturated heterocycles. The van der Waals surface area contributed by atoms with Gasteiger partial charge in [0.1, 0.15) is 17.1 Å². The fourth-order valence-corrected chi connectivity index (χ4v) is 3.85. The number of carbonyl (C=O) groups excluding carboxylic acids is 2. The van der Waals surface area contributed by atoms with Gasteiger partial charge in [0.25, 0.3) is 5.91 Å². The van der Waals surface area contributed by atoms with E-state index in [1.807, 2.05) is 25.1 Å². The van der Waals surface area contributed by atoms with E-state index in [2.05, 4.69) is 10.6 Å². The molecule has 0 aromatic heterocycles. The predicted molar refractivity (Wildman–Crippen MR) is 129 cm³/mol. The fraction of sp³-hybridized carbons (Fsp3) is 0.167. The smallest absolute Gasteiger partial charge is 0.263 e. The molecule has 6 nitrogen and oxygen atoms in total. The summed E-state index contributed by atoms with van der Waals surface area (Å²) in [5, 5.41) is 6.33. The molecule has 0 fully saturated rings. The molecule has 2 amide bonds. The first-order chi connectivity index (χ1) is 15.4. The summed E-state index contributed by atoms with van der Waals surface area (Å²) in [6, 6.07) is 17.8. The van der Waals surface area contributed by atoms with E-state index in [1.54, 1.807) is 42.5 Å². The molecule has 0 atom stereocenters. The van der Waals surface area contributed by atoms with Crippen LogP contribution in [-0.4, -0.2) is 31.8 Å². The summed E-state index contributed by atoms with van der Waals surface area (Å²) >= 11 is 7.49. The Kier molecular flexibility index (Phi) is 8.03. The van der Waals surface area contributed by atoms with Crippen molar-refractivity contribution in [1.29, 1.82) is 0 Å². The molecule has 0 bridgehead atoms. The average Bonchev–Trinajstić information content (AvgIpc) is 2.81. The zero-order valence-corrected chi connectivity index (χ0v) is 19.5. The molecule has 0 radical (unpaired) electrons. The first-order valence-electron chi connectivity index (χ1n) is 9.73. The van der Waals surface area contributed by atoms with Crippen molar-refractivity contribution in [3.05, 3.63) is 76.8 Å². The van der Waals surface area contributed by atoms with Gasteiger partial charge in [-0.15, -0.1) is 11.8 Å². The maximum Gasteiger partial charge on any atom is 0.263 e. The summed E-state index contributed by atoms with van der Waals surface area (Å²) in [6.07, 6.45) is 0. The minimum atomic E-state index is -0.337. The van der Waals surface area contributed by atoms with Crippen LogP contribution in [0.4, 0.5) is 11.4 Å². The Morgan fingerprint density at radius 1 is 0.906 bits per heavy atom. The minimum Gasteiger partial charge on any atom is -0.496 e. The molecule has 3 aromatic carbocycles. The number of hydrogen-bond donors (Lipinski definition) is 2. The third-order valence-electron chi connectivity index (χ3n) is 4.68. The van der Waals surface area contributed by atoms with Crippen LogP contribution in [0.5, 0.6) is 11.5 Å². The zero-order valence-electron chi connectivity index (χ0n) is 17.9. The molecular formula is C24H23ClN2O4S. The second kappa shape index (κ2) is 10.9. The van der Waals surface area contributed by atoms with Crippen LogP contribution < -0.4 is 20.1 Å². The third kappa shape index (κ3) is 5.75. The molecule has 0 saturated carbocycles. The van der Waals surface area contributed by atoms with Gasteiger partial charge in [-0.25, -0.2) is 0 Å². The summed E-state index contributed by atoms with van der Waals surface area (Å²) in [5.41, 5.74) is 2.47. The van der Waals surface area contributed by atoms with Gasteiger partial charge in [0.2, 0.25) is 5.91 Å². The Bertz CT molecular complexity index is 1100. The van der Waals surface area contributed by atoms with Gasteiger partial charge in [-0.05, 0) is 61.0 Å². The van der Waals surface area contributed by atoms with Crippen LogP contribution in [0.25, 0.3) is 0 Å². The van der Waals surface area contributed by atoms with Crippen molar-refractivity contribution in [2.24, 2.45) is 0 Å². The Morgan fingerprint density at radius 2 is 1.53 bits per heavy atom. The van der Waals surface area contributed by atoms with Crippen LogP contribution in [0.1, 0.15) is 15.9 Å². The van der Waals surface area contributed by atoms with Gasteiger partial charge in [-0.2, -0.15) is 0 Å². The molecule has 3 aromatic rings. The van der Waals surface area contributed by atoms with E-state index in [0.29, 0.717) is 33.5 Å². The highest BCUT2D eigenvalue weighted by Gasteiger charge is 2.18. The third-order valence-corrected chi connectivity index (χ3v) is 6.10. The molecule has 2 N–H and O–H groups in total. The van der Waals surface area contributed by atoms with E-state index >= 15 is 0 Å². The summed E-state index contributed by atoms with van der Waals surface area (Å²) in [7, 11) is 3.00. The summed E-state index contributed by atoms with van der Waals surface area (Å²) in [4.78, 5) is 25.9. The van der Waals surface area contributed by atoms with E-state index in [9.17, 15) is 9.59 Å². The summed E-state index contributed by atoms with van der Waals surface area (Å²) < 4.78 is 10.6. The molecule has 0 spiro atoms. The molecule has 0 unspecified atom stereocenters. The van der Waals surface area contributed by atoms with Crippen molar-refractivity contribution < 1.29 is 19.1 Å². The van der Waals surface area contributed by atoms with Crippen molar-refractivity contribution in [3.63, 3.8) is 0 Å². The highest BCUT2D eigenvalue weighted by atomic mass is 35.5. The lowest BCUT2D eigenvalue weighted by molar-refractivity contribution is -0.113. The number of benzene rings is 3. The number of carbonyl (C=O) groups is 2. The number of hydrogen-bond acceptors (Lipinski definition) is 5. The second-order valence-corrected chi connectivity index (χ2v) is 8.22. The molecular weight excluding hydrogens is 448 g/mol. The lowest BCUT2D eigenvalue weighted by atomic mass is 10.1. The van der Waals surface area contributed by atoms with Gasteiger partial charge in [0.05, 0.1) is 20.0 Å². The number of nitrogens with one attached hydrogen (secondary N) is 2. The first kappa shape index (κ1) is 23.5. The Labute approximate surface area is 196 Å². The van der Waals surface area contributed by atoms with E-state index < -0.39 is 0 Å². The van der Waals surface area contributed by atoms with E-state index in [0.717, 1.165) is 10.5 Å². The Hall–Kier alpha value is -3.16. The van der Waals surface area contributed by atoms with Crippen LogP contribution in [0, 0.1) is 6.92 Å². The van der Waals surface area contributed by atoms with Crippen LogP contribution in [0.2, 0.25) is 5.02 Å². The number of rotatable bonds is 8. The second-order valence-electron chi connectivity index (χ2n) is 6.77. The van der Waals surface area contributed by atoms with E-state index in [4.69, 9.17) is 21.1 Å². The van der Waals surface area contributed by atoms with Gasteiger partial charge >= 0.3 is 0 Å². The maximum atomic E-state index is 12.8. The van der Waals surface area contributed by atoms with Crippen molar-refractivity contribution in [2.45, 2.75) is 11.8 Å². The van der Waals surface area contributed by atoms with E-state index in [1.165, 1.54) is 26.0 Å². The number of methoxy groups -OCH3 is 2. The molecule has 0 heterocycles. The lowest BCUT2D eigenvalue weighted by Crippen LogP contribution is -2.15. The maximum absolute atomic E-state index is 12.8. The fourth-order valence-electron chi connectivity index (χ4n) is 2.98. The molecule has 3 rings (SSSR count). The van der Waals surface area contributed by atoms with E-state index in [-0.39, 0.29) is 17.6 Å². The van der Waals surface area contributed by atoms with Gasteiger partial charge in [-0.1, -0.05) is 23.7 Å². The molecule has 166 valence electrons. The molecule has 0 aliphatic carbocycles. The summed E-state index contributed by atoms with van der Waals surface area (Å²) in [5.74, 6) is 0.637. The van der Waals surface area contributed by atoms with Crippen molar-refractivity contribution in [3.8, 4) is 11.5 Å². The SMILES string of the molecule is COc1cccc(OC)c1C(=O)Nc1ccc(SCC(=O)Nc2cccc(Cl)c2C)cc1. The largest absolute Gasteiger partial charge is 0.496 e. The first-order valence-corrected chi connectivity index (χ1v) is 11.1. The van der Waals surface area contributed by atoms with Gasteiger partial charge in [-0.3, -0.25) is 9.59 Å². The van der Waals surface area contributed by atoms with Crippen LogP contribution in [0.15, 0.2) is 65.6 Å². The van der Waals surface area contributed by atoms with Crippen LogP contribution >= 0.6 is 23.4 Å². The van der Waals surface area contributed by atoms with Crippen molar-refractivity contribution in [1.82, 2.24) is 0 Å². The Morgan fingerprint density at radius 3 is 2.16 bits per heavy atom. The average molecular weight is 471 g/mol. The van der Waals surface area contributed by atoms with Gasteiger partial charge < -0.3 is 20.1 Å². The number of ether oxygens (including phenoxy) is 2. The number of halogens is 1. The van der Waals surface area contributed by atoms with Gasteiger partial charge in [0, 0.05) is 21.3 Å². The lowest BCUT2D eigenvalue weighted by Gasteiger charge is -2.13. The standard InChI is InChI=1S/C24H23ClN2O4S/c1-15-18(25)6-4-7-19(15)27-22(28)14-32-17-12-10-16(11-13-17)26-24(29)23-20(30-2)8-5-9-21(23)31-3/h4-13H,14H2,1-3H3,(H,26,29)(H,27,28). The number of thioether (sulfide) groups is 1. The molecule has 32 heavy (non-hydrogen) atoms. The molecule has 8 heteroatoms. The quantitative estimate of drug-likeness (QED) is 0.416. The highest BCUT2D eigenvalue weighted by Crippen LogP contribution is 2.29.